The van der Waals surface area contributed by atoms with Gasteiger partial charge in [-0.2, -0.15) is 0 Å². The number of hydrogen-bond donors (Lipinski definition) is 2. The Morgan fingerprint density at radius 3 is 2.50 bits per heavy atom. The Morgan fingerprint density at radius 2 is 2.07 bits per heavy atom. The maximum absolute atomic E-state index is 11.0. The molecule has 4 heteroatoms. The molecule has 1 fully saturated rings. The number of hydrogen-bond acceptors (Lipinski definition) is 3. The van der Waals surface area contributed by atoms with E-state index in [0.29, 0.717) is 32.5 Å². The van der Waals surface area contributed by atoms with Crippen LogP contribution in [0.5, 0.6) is 0 Å². The molecule has 1 rings (SSSR count). The van der Waals surface area contributed by atoms with E-state index in [-0.39, 0.29) is 0 Å². The molecule has 2 N–H and O–H groups in total. The average molecular weight is 202 g/mol. The summed E-state index contributed by atoms with van der Waals surface area (Å²) >= 11 is 0. The van der Waals surface area contributed by atoms with Gasteiger partial charge in [-0.15, -0.1) is 0 Å². The van der Waals surface area contributed by atoms with Crippen molar-refractivity contribution >= 4 is 5.97 Å². The predicted octanol–water partition coefficient (Wildman–Crippen LogP) is 1.03. The van der Waals surface area contributed by atoms with Crippen LogP contribution in [0.1, 0.15) is 32.6 Å². The molecule has 0 bridgehead atoms. The molecule has 1 atom stereocenters. The van der Waals surface area contributed by atoms with Crippen molar-refractivity contribution in [3.05, 3.63) is 0 Å². The van der Waals surface area contributed by atoms with E-state index in [0.717, 1.165) is 6.42 Å². The van der Waals surface area contributed by atoms with Crippen LogP contribution in [0.2, 0.25) is 0 Å². The van der Waals surface area contributed by atoms with Crippen LogP contribution in [0.15, 0.2) is 0 Å². The molecule has 0 radical (unpaired) electrons. The SMILES string of the molecule is CCCC(C(=O)O)C1(O)CCOCC1. The van der Waals surface area contributed by atoms with Crippen molar-refractivity contribution in [2.24, 2.45) is 5.92 Å². The Hall–Kier alpha value is -0.610. The standard InChI is InChI=1S/C10H18O4/c1-2-3-8(9(11)12)10(13)4-6-14-7-5-10/h8,13H,2-7H2,1H3,(H,11,12). The number of aliphatic hydroxyl groups is 1. The van der Waals surface area contributed by atoms with Gasteiger partial charge >= 0.3 is 5.97 Å². The number of ether oxygens (including phenoxy) is 1. The minimum absolute atomic E-state index is 0.434. The summed E-state index contributed by atoms with van der Waals surface area (Å²) in [5.74, 6) is -1.53. The molecule has 0 saturated carbocycles. The molecule has 1 aliphatic heterocycles. The van der Waals surface area contributed by atoms with Crippen LogP contribution < -0.4 is 0 Å². The lowest BCUT2D eigenvalue weighted by Gasteiger charge is -2.36. The zero-order valence-electron chi connectivity index (χ0n) is 8.53. The predicted molar refractivity (Wildman–Crippen MR) is 51.0 cm³/mol. The van der Waals surface area contributed by atoms with Gasteiger partial charge in [0.2, 0.25) is 0 Å². The Labute approximate surface area is 83.9 Å². The fraction of sp³-hybridized carbons (Fsp3) is 0.900. The van der Waals surface area contributed by atoms with E-state index in [4.69, 9.17) is 9.84 Å². The van der Waals surface area contributed by atoms with Crippen LogP contribution in [0, 0.1) is 5.92 Å². The number of carboxylic acids is 1. The van der Waals surface area contributed by atoms with Crippen LogP contribution >= 0.6 is 0 Å². The lowest BCUT2D eigenvalue weighted by molar-refractivity contribution is -0.161. The van der Waals surface area contributed by atoms with Crippen LogP contribution in [0.4, 0.5) is 0 Å². The summed E-state index contributed by atoms with van der Waals surface area (Å²) in [5, 5.41) is 19.2. The van der Waals surface area contributed by atoms with E-state index in [2.05, 4.69) is 0 Å². The second-order valence-electron chi connectivity index (χ2n) is 3.90. The molecule has 0 spiro atoms. The van der Waals surface area contributed by atoms with Gasteiger partial charge < -0.3 is 14.9 Å². The Balaban J connectivity index is 2.68. The molecule has 0 aromatic carbocycles. The summed E-state index contributed by atoms with van der Waals surface area (Å²) < 4.78 is 5.12. The minimum atomic E-state index is -1.06. The van der Waals surface area contributed by atoms with Crippen molar-refractivity contribution < 1.29 is 19.7 Å². The molecule has 1 aliphatic rings. The molecule has 1 heterocycles. The van der Waals surface area contributed by atoms with E-state index >= 15 is 0 Å². The van der Waals surface area contributed by atoms with Gasteiger partial charge in [-0.1, -0.05) is 13.3 Å². The highest BCUT2D eigenvalue weighted by atomic mass is 16.5. The van der Waals surface area contributed by atoms with Gasteiger partial charge in [0.25, 0.3) is 0 Å². The van der Waals surface area contributed by atoms with Gasteiger partial charge in [0.05, 0.1) is 11.5 Å². The van der Waals surface area contributed by atoms with E-state index in [1.165, 1.54) is 0 Å². The van der Waals surface area contributed by atoms with E-state index < -0.39 is 17.5 Å². The summed E-state index contributed by atoms with van der Waals surface area (Å²) in [7, 11) is 0. The van der Waals surface area contributed by atoms with Crippen LogP contribution in [-0.4, -0.2) is 35.0 Å². The van der Waals surface area contributed by atoms with Gasteiger partial charge in [0, 0.05) is 26.1 Å². The molecule has 0 aromatic heterocycles. The van der Waals surface area contributed by atoms with Gasteiger partial charge in [-0.25, -0.2) is 0 Å². The maximum Gasteiger partial charge on any atom is 0.309 e. The van der Waals surface area contributed by atoms with Gasteiger partial charge in [-0.05, 0) is 6.42 Å². The molecular weight excluding hydrogens is 184 g/mol. The Morgan fingerprint density at radius 1 is 1.50 bits per heavy atom. The van der Waals surface area contributed by atoms with Gasteiger partial charge in [0.1, 0.15) is 0 Å². The second kappa shape index (κ2) is 4.75. The van der Waals surface area contributed by atoms with Crippen molar-refractivity contribution in [3.63, 3.8) is 0 Å². The Kier molecular flexibility index (Phi) is 3.89. The average Bonchev–Trinajstić information content (AvgIpc) is 2.14. The van der Waals surface area contributed by atoms with Crippen molar-refractivity contribution in [3.8, 4) is 0 Å². The van der Waals surface area contributed by atoms with E-state index in [9.17, 15) is 9.90 Å². The number of carbonyl (C=O) groups is 1. The lowest BCUT2D eigenvalue weighted by Crippen LogP contribution is -2.46. The van der Waals surface area contributed by atoms with Crippen molar-refractivity contribution in [1.29, 1.82) is 0 Å². The second-order valence-corrected chi connectivity index (χ2v) is 3.90. The minimum Gasteiger partial charge on any atom is -0.481 e. The third kappa shape index (κ3) is 2.45. The van der Waals surface area contributed by atoms with Gasteiger partial charge in [0.15, 0.2) is 0 Å². The lowest BCUT2D eigenvalue weighted by atomic mass is 9.79. The smallest absolute Gasteiger partial charge is 0.309 e. The molecular formula is C10H18O4. The van der Waals surface area contributed by atoms with Gasteiger partial charge in [-0.3, -0.25) is 4.79 Å². The highest BCUT2D eigenvalue weighted by molar-refractivity contribution is 5.71. The monoisotopic (exact) mass is 202 g/mol. The first-order valence-electron chi connectivity index (χ1n) is 5.13. The first-order valence-corrected chi connectivity index (χ1v) is 5.13. The first-order chi connectivity index (χ1) is 6.60. The zero-order valence-corrected chi connectivity index (χ0v) is 8.53. The maximum atomic E-state index is 11.0. The normalized spacial score (nSPS) is 23.0. The molecule has 82 valence electrons. The number of rotatable bonds is 4. The van der Waals surface area contributed by atoms with Crippen molar-refractivity contribution in [2.45, 2.75) is 38.2 Å². The highest BCUT2D eigenvalue weighted by Gasteiger charge is 2.41. The molecule has 0 aromatic rings. The molecule has 0 aliphatic carbocycles. The molecule has 4 nitrogen and oxygen atoms in total. The van der Waals surface area contributed by atoms with Crippen LogP contribution in [-0.2, 0) is 9.53 Å². The topological polar surface area (TPSA) is 66.8 Å². The summed E-state index contributed by atoms with van der Waals surface area (Å²) in [4.78, 5) is 11.0. The molecule has 1 saturated heterocycles. The Bertz CT molecular complexity index is 196. The summed E-state index contributed by atoms with van der Waals surface area (Å²) in [5.41, 5.74) is -1.06. The molecule has 14 heavy (non-hydrogen) atoms. The molecule has 0 amide bonds. The summed E-state index contributed by atoms with van der Waals surface area (Å²) in [6.07, 6.45) is 2.18. The summed E-state index contributed by atoms with van der Waals surface area (Å²) in [6.45, 7) is 2.85. The summed E-state index contributed by atoms with van der Waals surface area (Å²) in [6, 6.07) is 0. The van der Waals surface area contributed by atoms with Crippen molar-refractivity contribution in [2.75, 3.05) is 13.2 Å². The largest absolute Gasteiger partial charge is 0.481 e. The van der Waals surface area contributed by atoms with E-state index in [1.807, 2.05) is 6.92 Å². The third-order valence-electron chi connectivity index (χ3n) is 2.88. The quantitative estimate of drug-likeness (QED) is 0.714. The molecule has 1 unspecified atom stereocenters. The van der Waals surface area contributed by atoms with Crippen molar-refractivity contribution in [1.82, 2.24) is 0 Å². The fourth-order valence-corrected chi connectivity index (χ4v) is 1.98. The number of aliphatic carboxylic acids is 1. The fourth-order valence-electron chi connectivity index (χ4n) is 1.98. The van der Waals surface area contributed by atoms with E-state index in [1.54, 1.807) is 0 Å². The third-order valence-corrected chi connectivity index (χ3v) is 2.88. The van der Waals surface area contributed by atoms with Crippen LogP contribution in [0.25, 0.3) is 0 Å². The highest BCUT2D eigenvalue weighted by Crippen LogP contribution is 2.32. The van der Waals surface area contributed by atoms with Crippen LogP contribution in [0.3, 0.4) is 0 Å². The first kappa shape index (κ1) is 11.5. The zero-order chi connectivity index (χ0) is 10.6. The number of carboxylic acid groups (broad SMARTS) is 1.